The Kier molecular flexibility index (Phi) is 13.6. The Hall–Kier alpha value is -5.28. The summed E-state index contributed by atoms with van der Waals surface area (Å²) in [5.74, 6) is -2.12. The van der Waals surface area contributed by atoms with Gasteiger partial charge in [-0.1, -0.05) is 42.5 Å². The molecule has 0 aliphatic carbocycles. The van der Waals surface area contributed by atoms with Gasteiger partial charge in [-0.15, -0.1) is 0 Å². The second-order valence-electron chi connectivity index (χ2n) is 13.1. The molecule has 1 amide bonds. The lowest BCUT2D eigenvalue weighted by molar-refractivity contribution is -0.171. The number of benzene rings is 3. The van der Waals surface area contributed by atoms with Crippen molar-refractivity contribution in [2.45, 2.75) is 57.8 Å². The number of nitrogens with two attached hydrogens (primary N) is 3. The summed E-state index contributed by atoms with van der Waals surface area (Å²) in [6.45, 7) is 5.09. The number of halogens is 1. The van der Waals surface area contributed by atoms with Crippen molar-refractivity contribution in [2.24, 2.45) is 17.2 Å². The number of hydroxylamine groups is 2. The van der Waals surface area contributed by atoms with Gasteiger partial charge in [0.25, 0.3) is 0 Å². The maximum Gasteiger partial charge on any atom is 0.341 e. The molecule has 1 saturated heterocycles. The van der Waals surface area contributed by atoms with Crippen LogP contribution in [0.4, 0.5) is 15.8 Å². The molecule has 2 atom stereocenters. The fourth-order valence-corrected chi connectivity index (χ4v) is 6.27. The number of carbonyl (C=O) groups excluding carboxylic acids is 1. The van der Waals surface area contributed by atoms with Crippen LogP contribution in [-0.2, 0) is 29.2 Å². The zero-order valence-corrected chi connectivity index (χ0v) is 30.0. The quantitative estimate of drug-likeness (QED) is 0.0872. The number of aromatic nitrogens is 1. The Morgan fingerprint density at radius 3 is 2.40 bits per heavy atom. The van der Waals surface area contributed by atoms with Crippen molar-refractivity contribution >= 4 is 34.2 Å². The first-order valence-electron chi connectivity index (χ1n) is 17.9. The summed E-state index contributed by atoms with van der Waals surface area (Å²) in [6.07, 6.45) is 5.64. The van der Waals surface area contributed by atoms with Gasteiger partial charge < -0.3 is 42.4 Å². The highest BCUT2D eigenvalue weighted by atomic mass is 19.1. The molecule has 0 bridgehead atoms. The van der Waals surface area contributed by atoms with Crippen LogP contribution >= 0.6 is 0 Å². The molecule has 2 heterocycles. The van der Waals surface area contributed by atoms with Gasteiger partial charge in [0.05, 0.1) is 17.8 Å². The van der Waals surface area contributed by atoms with E-state index in [0.29, 0.717) is 81.3 Å². The molecule has 282 valence electrons. The molecule has 14 heteroatoms. The van der Waals surface area contributed by atoms with Gasteiger partial charge in [-0.2, -0.15) is 5.06 Å². The molecule has 1 aliphatic heterocycles. The second-order valence-corrected chi connectivity index (χ2v) is 13.1. The summed E-state index contributed by atoms with van der Waals surface area (Å²) in [7, 11) is 0. The molecule has 0 spiro atoms. The van der Waals surface area contributed by atoms with Crippen LogP contribution in [0.1, 0.15) is 47.7 Å². The molecule has 53 heavy (non-hydrogen) atoms. The van der Waals surface area contributed by atoms with Crippen LogP contribution in [0.5, 0.6) is 0 Å². The molecular formula is C39H49FN8O5. The van der Waals surface area contributed by atoms with E-state index in [4.69, 9.17) is 22.0 Å². The van der Waals surface area contributed by atoms with Gasteiger partial charge >= 0.3 is 5.97 Å². The SMILES string of the molecule is CCn1cc(C(=O)O)c(=O)c2cc(F)c(N3CCN(OCc4ccc(NC(=O)[C@H](CCCCN)N/C=C(\N)[C@@H](N)Cc5ccccc5)cc4)CC3)cc21. The minimum absolute atomic E-state index is 0.0391. The number of anilines is 2. The number of piperazine rings is 1. The fourth-order valence-electron chi connectivity index (χ4n) is 6.27. The molecule has 1 fully saturated rings. The molecule has 0 radical (unpaired) electrons. The maximum atomic E-state index is 15.3. The monoisotopic (exact) mass is 728 g/mol. The van der Waals surface area contributed by atoms with Crippen molar-refractivity contribution < 1.29 is 23.9 Å². The van der Waals surface area contributed by atoms with Gasteiger partial charge in [0.2, 0.25) is 11.3 Å². The number of amides is 1. The molecule has 1 aromatic heterocycles. The van der Waals surface area contributed by atoms with Crippen LogP contribution in [0.2, 0.25) is 0 Å². The van der Waals surface area contributed by atoms with E-state index in [0.717, 1.165) is 30.0 Å². The zero-order chi connectivity index (χ0) is 37.9. The summed E-state index contributed by atoms with van der Waals surface area (Å²) in [5.41, 5.74) is 21.1. The first-order chi connectivity index (χ1) is 25.6. The van der Waals surface area contributed by atoms with Crippen molar-refractivity contribution in [2.75, 3.05) is 42.9 Å². The Morgan fingerprint density at radius 1 is 1.02 bits per heavy atom. The average molecular weight is 729 g/mol. The van der Waals surface area contributed by atoms with Crippen LogP contribution in [0.3, 0.4) is 0 Å². The van der Waals surface area contributed by atoms with Crippen molar-refractivity contribution in [3.05, 3.63) is 118 Å². The third kappa shape index (κ3) is 10.2. The van der Waals surface area contributed by atoms with Gasteiger partial charge in [-0.05, 0) is 74.5 Å². The average Bonchev–Trinajstić information content (AvgIpc) is 3.16. The molecule has 5 rings (SSSR count). The summed E-state index contributed by atoms with van der Waals surface area (Å²) < 4.78 is 16.9. The number of carbonyl (C=O) groups is 2. The van der Waals surface area contributed by atoms with Crippen LogP contribution < -0.4 is 38.2 Å². The Labute approximate surface area is 308 Å². The minimum atomic E-state index is -1.34. The number of pyridine rings is 1. The van der Waals surface area contributed by atoms with E-state index in [-0.39, 0.29) is 16.9 Å². The van der Waals surface area contributed by atoms with E-state index >= 15 is 4.39 Å². The number of hydrogen-bond donors (Lipinski definition) is 6. The van der Waals surface area contributed by atoms with Gasteiger partial charge in [0.1, 0.15) is 17.4 Å². The number of aromatic carboxylic acids is 1. The highest BCUT2D eigenvalue weighted by Crippen LogP contribution is 2.27. The summed E-state index contributed by atoms with van der Waals surface area (Å²) in [4.78, 5) is 45.5. The van der Waals surface area contributed by atoms with E-state index in [9.17, 15) is 19.5 Å². The summed E-state index contributed by atoms with van der Waals surface area (Å²) in [5, 5.41) is 17.4. The number of carboxylic acid groups (broad SMARTS) is 1. The number of rotatable bonds is 17. The number of nitrogens with one attached hydrogen (secondary N) is 2. The predicted molar refractivity (Wildman–Crippen MR) is 205 cm³/mol. The largest absolute Gasteiger partial charge is 0.477 e. The van der Waals surface area contributed by atoms with Gasteiger partial charge in [0.15, 0.2) is 0 Å². The molecule has 13 nitrogen and oxygen atoms in total. The van der Waals surface area contributed by atoms with Crippen molar-refractivity contribution in [1.29, 1.82) is 0 Å². The van der Waals surface area contributed by atoms with E-state index < -0.39 is 29.3 Å². The van der Waals surface area contributed by atoms with Gasteiger partial charge in [-0.25, -0.2) is 9.18 Å². The topological polar surface area (TPSA) is 194 Å². The fraction of sp³-hybridized carbons (Fsp3) is 0.359. The van der Waals surface area contributed by atoms with Crippen molar-refractivity contribution in [3.8, 4) is 0 Å². The molecule has 0 saturated carbocycles. The molecular weight excluding hydrogens is 679 g/mol. The number of fused-ring (bicyclic) bond motifs is 1. The number of aryl methyl sites for hydroxylation is 1. The normalized spacial score (nSPS) is 14.9. The standard InChI is InChI=1S/C39H49FN8O5/c1-2-46-24-30(39(51)52)37(49)29-21-31(40)36(22-35(29)46)47-16-18-48(19-17-47)53-25-27-11-13-28(14-12-27)45-38(50)34(10-6-7-15-41)44-23-33(43)32(42)20-26-8-4-3-5-9-26/h3-5,8-9,11-14,21-24,32,34,44H,2,6-7,10,15-20,25,41-43H2,1H3,(H,45,50)(H,51,52)/b33-23-/t32-,34-/m0/s1. The van der Waals surface area contributed by atoms with Gasteiger partial charge in [-0.3, -0.25) is 14.4 Å². The minimum Gasteiger partial charge on any atom is -0.477 e. The predicted octanol–water partition coefficient (Wildman–Crippen LogP) is 3.51. The third-order valence-corrected chi connectivity index (χ3v) is 9.38. The Balaban J connectivity index is 1.13. The Morgan fingerprint density at radius 2 is 1.74 bits per heavy atom. The van der Waals surface area contributed by atoms with Crippen LogP contribution in [-0.4, -0.2) is 71.4 Å². The number of carboxylic acids is 1. The Bertz CT molecular complexity index is 1950. The van der Waals surface area contributed by atoms with Crippen molar-refractivity contribution in [1.82, 2.24) is 14.9 Å². The second kappa shape index (κ2) is 18.5. The van der Waals surface area contributed by atoms with E-state index in [2.05, 4.69) is 10.6 Å². The first kappa shape index (κ1) is 38.9. The molecule has 4 aromatic rings. The van der Waals surface area contributed by atoms with E-state index in [1.807, 2.05) is 71.5 Å². The lowest BCUT2D eigenvalue weighted by Gasteiger charge is -2.35. The number of unbranched alkanes of at least 4 members (excludes halogenated alkanes) is 1. The van der Waals surface area contributed by atoms with Crippen LogP contribution in [0.25, 0.3) is 10.9 Å². The van der Waals surface area contributed by atoms with E-state index in [1.165, 1.54) is 6.20 Å². The third-order valence-electron chi connectivity index (χ3n) is 9.38. The molecule has 3 aromatic carbocycles. The molecule has 0 unspecified atom stereocenters. The van der Waals surface area contributed by atoms with Crippen molar-refractivity contribution in [3.63, 3.8) is 0 Å². The lowest BCUT2D eigenvalue weighted by atomic mass is 10.0. The molecule has 1 aliphatic rings. The summed E-state index contributed by atoms with van der Waals surface area (Å²) >= 11 is 0. The van der Waals surface area contributed by atoms with Crippen LogP contribution in [0, 0.1) is 5.82 Å². The number of nitrogens with zero attached hydrogens (tertiary/aromatic N) is 3. The van der Waals surface area contributed by atoms with Gasteiger partial charge in [0, 0.05) is 67.9 Å². The zero-order valence-electron chi connectivity index (χ0n) is 30.0. The number of hydrogen-bond acceptors (Lipinski definition) is 10. The molecule has 9 N–H and O–H groups in total. The summed E-state index contributed by atoms with van der Waals surface area (Å²) in [6, 6.07) is 19.1. The first-order valence-corrected chi connectivity index (χ1v) is 17.9. The maximum absolute atomic E-state index is 15.3. The van der Waals surface area contributed by atoms with E-state index in [1.54, 1.807) is 16.8 Å². The van der Waals surface area contributed by atoms with Crippen LogP contribution in [0.15, 0.2) is 89.6 Å². The lowest BCUT2D eigenvalue weighted by Crippen LogP contribution is -2.46. The smallest absolute Gasteiger partial charge is 0.341 e. The highest BCUT2D eigenvalue weighted by molar-refractivity contribution is 5.95. The highest BCUT2D eigenvalue weighted by Gasteiger charge is 2.23.